The number of esters is 1. The summed E-state index contributed by atoms with van der Waals surface area (Å²) >= 11 is 0. The lowest BCUT2D eigenvalue weighted by Gasteiger charge is -2.42. The summed E-state index contributed by atoms with van der Waals surface area (Å²) in [6.45, 7) is 20.9. The van der Waals surface area contributed by atoms with Crippen molar-refractivity contribution in [3.63, 3.8) is 0 Å². The molecular weight excluding hydrogens is 320 g/mol. The van der Waals surface area contributed by atoms with Crippen molar-refractivity contribution in [2.24, 2.45) is 17.3 Å². The van der Waals surface area contributed by atoms with E-state index in [1.807, 2.05) is 34.6 Å². The summed E-state index contributed by atoms with van der Waals surface area (Å²) in [4.78, 5) is 23.0. The molecule has 0 aliphatic rings. The minimum atomic E-state index is -1.97. The molecule has 3 atom stereocenters. The van der Waals surface area contributed by atoms with Crippen LogP contribution < -0.4 is 0 Å². The molecule has 0 unspecified atom stereocenters. The highest BCUT2D eigenvalue weighted by molar-refractivity contribution is 6.74. The summed E-state index contributed by atoms with van der Waals surface area (Å²) in [6, 6.07) is 0. The Morgan fingerprint density at radius 2 is 1.54 bits per heavy atom. The van der Waals surface area contributed by atoms with E-state index in [0.717, 1.165) is 6.29 Å². The average molecular weight is 359 g/mol. The van der Waals surface area contributed by atoms with Crippen LogP contribution in [0, 0.1) is 17.3 Å². The fraction of sp³-hybridized carbons (Fsp3) is 0.895. The first kappa shape index (κ1) is 23.3. The highest BCUT2D eigenvalue weighted by Gasteiger charge is 2.41. The van der Waals surface area contributed by atoms with E-state index in [9.17, 15) is 9.59 Å². The fourth-order valence-corrected chi connectivity index (χ4v) is 3.61. The summed E-state index contributed by atoms with van der Waals surface area (Å²) in [7, 11) is -1.97. The molecule has 24 heavy (non-hydrogen) atoms. The number of ether oxygens (including phenoxy) is 1. The Labute approximate surface area is 149 Å². The van der Waals surface area contributed by atoms with Crippen LogP contribution in [0.5, 0.6) is 0 Å². The van der Waals surface area contributed by atoms with E-state index in [4.69, 9.17) is 9.16 Å². The monoisotopic (exact) mass is 358 g/mol. The summed E-state index contributed by atoms with van der Waals surface area (Å²) in [5, 5.41) is 0.0912. The van der Waals surface area contributed by atoms with Gasteiger partial charge in [-0.3, -0.25) is 4.79 Å². The molecule has 0 amide bonds. The lowest BCUT2D eigenvalue weighted by molar-refractivity contribution is -0.155. The van der Waals surface area contributed by atoms with Gasteiger partial charge in [0.25, 0.3) is 0 Å². The smallest absolute Gasteiger partial charge is 0.311 e. The van der Waals surface area contributed by atoms with Crippen molar-refractivity contribution in [3.8, 4) is 0 Å². The van der Waals surface area contributed by atoms with E-state index in [1.165, 1.54) is 0 Å². The molecule has 142 valence electrons. The summed E-state index contributed by atoms with van der Waals surface area (Å²) < 4.78 is 12.1. The van der Waals surface area contributed by atoms with Crippen molar-refractivity contribution in [2.75, 3.05) is 6.61 Å². The zero-order valence-corrected chi connectivity index (χ0v) is 18.4. The van der Waals surface area contributed by atoms with Crippen LogP contribution in [-0.2, 0) is 18.8 Å². The Morgan fingerprint density at radius 1 is 1.04 bits per heavy atom. The SMILES string of the molecule is C[C@H](COC(=O)C(C)(C)C)[C@@H](O[Si](C)(C)C(C)(C)C)[C@@H](C)CC=O. The molecule has 4 nitrogen and oxygen atoms in total. The van der Waals surface area contributed by atoms with Crippen molar-refractivity contribution in [1.82, 2.24) is 0 Å². The van der Waals surface area contributed by atoms with Crippen LogP contribution in [0.1, 0.15) is 61.8 Å². The highest BCUT2D eigenvalue weighted by atomic mass is 28.4. The van der Waals surface area contributed by atoms with Gasteiger partial charge in [0.05, 0.1) is 18.1 Å². The van der Waals surface area contributed by atoms with Gasteiger partial charge in [-0.25, -0.2) is 0 Å². The fourth-order valence-electron chi connectivity index (χ4n) is 2.11. The first-order valence-corrected chi connectivity index (χ1v) is 11.8. The lowest BCUT2D eigenvalue weighted by Crippen LogP contribution is -2.48. The van der Waals surface area contributed by atoms with Crippen molar-refractivity contribution >= 4 is 20.6 Å². The molecule has 0 fully saturated rings. The average Bonchev–Trinajstić information content (AvgIpc) is 2.39. The van der Waals surface area contributed by atoms with Gasteiger partial charge in [0, 0.05) is 12.3 Å². The third-order valence-corrected chi connectivity index (χ3v) is 9.39. The maximum absolute atomic E-state index is 12.0. The van der Waals surface area contributed by atoms with Crippen molar-refractivity contribution in [2.45, 2.75) is 86.0 Å². The maximum atomic E-state index is 12.0. The second kappa shape index (κ2) is 8.61. The van der Waals surface area contributed by atoms with Crippen LogP contribution in [-0.4, -0.2) is 33.3 Å². The predicted octanol–water partition coefficient (Wildman–Crippen LogP) is 4.83. The lowest BCUT2D eigenvalue weighted by atomic mass is 9.92. The maximum Gasteiger partial charge on any atom is 0.311 e. The van der Waals surface area contributed by atoms with Gasteiger partial charge < -0.3 is 14.0 Å². The number of carbonyl (C=O) groups excluding carboxylic acids is 2. The van der Waals surface area contributed by atoms with Crippen LogP contribution in [0.2, 0.25) is 18.1 Å². The van der Waals surface area contributed by atoms with E-state index in [-0.39, 0.29) is 28.9 Å². The van der Waals surface area contributed by atoms with Gasteiger partial charge in [-0.2, -0.15) is 0 Å². The Morgan fingerprint density at radius 3 is 1.92 bits per heavy atom. The normalized spacial score (nSPS) is 17.1. The van der Waals surface area contributed by atoms with Gasteiger partial charge in [0.1, 0.15) is 6.29 Å². The molecule has 0 aromatic heterocycles. The molecule has 0 aromatic carbocycles. The number of aldehydes is 1. The third kappa shape index (κ3) is 7.05. The van der Waals surface area contributed by atoms with Crippen LogP contribution in [0.15, 0.2) is 0 Å². The highest BCUT2D eigenvalue weighted by Crippen LogP contribution is 2.39. The Bertz CT molecular complexity index is 418. The van der Waals surface area contributed by atoms with Crippen LogP contribution in [0.25, 0.3) is 0 Å². The van der Waals surface area contributed by atoms with E-state index in [0.29, 0.717) is 13.0 Å². The summed E-state index contributed by atoms with van der Waals surface area (Å²) in [5.41, 5.74) is -0.510. The molecule has 0 radical (unpaired) electrons. The van der Waals surface area contributed by atoms with Crippen molar-refractivity contribution in [1.29, 1.82) is 0 Å². The Kier molecular flexibility index (Phi) is 8.37. The summed E-state index contributed by atoms with van der Waals surface area (Å²) in [5.74, 6) is -0.0659. The molecule has 0 aliphatic carbocycles. The molecular formula is C19H38O4Si. The molecule has 0 aliphatic heterocycles. The van der Waals surface area contributed by atoms with Gasteiger partial charge in [-0.05, 0) is 44.8 Å². The van der Waals surface area contributed by atoms with Crippen LogP contribution in [0.4, 0.5) is 0 Å². The molecule has 0 N–H and O–H groups in total. The third-order valence-electron chi connectivity index (χ3n) is 4.92. The Hall–Kier alpha value is -0.683. The van der Waals surface area contributed by atoms with E-state index in [2.05, 4.69) is 33.9 Å². The quantitative estimate of drug-likeness (QED) is 0.354. The standard InChI is InChI=1S/C19H38O4Si/c1-14(11-12-20)16(23-24(9,10)19(6,7)8)15(2)13-22-17(21)18(3,4)5/h12,14-16H,11,13H2,1-10H3/t14-,15+,16-/m0/s1. The molecule has 0 spiro atoms. The largest absolute Gasteiger partial charge is 0.465 e. The van der Waals surface area contributed by atoms with Crippen molar-refractivity contribution in [3.05, 3.63) is 0 Å². The number of hydrogen-bond acceptors (Lipinski definition) is 4. The van der Waals surface area contributed by atoms with E-state index in [1.54, 1.807) is 0 Å². The topological polar surface area (TPSA) is 52.6 Å². The van der Waals surface area contributed by atoms with Crippen LogP contribution in [0.3, 0.4) is 0 Å². The second-order valence-corrected chi connectivity index (χ2v) is 14.3. The molecule has 0 aromatic rings. The van der Waals surface area contributed by atoms with Gasteiger partial charge in [0.15, 0.2) is 8.32 Å². The number of carbonyl (C=O) groups is 2. The number of hydrogen-bond donors (Lipinski definition) is 0. The molecule has 0 bridgehead atoms. The molecule has 0 rings (SSSR count). The predicted molar refractivity (Wildman–Crippen MR) is 101 cm³/mol. The molecule has 0 saturated carbocycles. The molecule has 0 saturated heterocycles. The minimum absolute atomic E-state index is 0.0420. The number of rotatable bonds is 8. The van der Waals surface area contributed by atoms with Crippen molar-refractivity contribution < 1.29 is 18.8 Å². The summed E-state index contributed by atoms with van der Waals surface area (Å²) in [6.07, 6.45) is 1.31. The first-order chi connectivity index (χ1) is 10.6. The zero-order chi connectivity index (χ0) is 19.3. The van der Waals surface area contributed by atoms with Gasteiger partial charge >= 0.3 is 5.97 Å². The zero-order valence-electron chi connectivity index (χ0n) is 17.4. The molecule has 0 heterocycles. The van der Waals surface area contributed by atoms with Crippen LogP contribution >= 0.6 is 0 Å². The van der Waals surface area contributed by atoms with Gasteiger partial charge in [0.2, 0.25) is 0 Å². The van der Waals surface area contributed by atoms with Gasteiger partial charge in [-0.1, -0.05) is 34.6 Å². The second-order valence-electron chi connectivity index (χ2n) is 9.55. The van der Waals surface area contributed by atoms with Gasteiger partial charge in [-0.15, -0.1) is 0 Å². The Balaban J connectivity index is 5.14. The minimum Gasteiger partial charge on any atom is -0.465 e. The van der Waals surface area contributed by atoms with E-state index < -0.39 is 13.7 Å². The first-order valence-electron chi connectivity index (χ1n) is 8.92. The molecule has 5 heteroatoms. The van der Waals surface area contributed by atoms with E-state index >= 15 is 0 Å².